The number of carbonyl (C=O) groups is 1. The van der Waals surface area contributed by atoms with Crippen molar-refractivity contribution >= 4 is 5.91 Å². The van der Waals surface area contributed by atoms with Crippen LogP contribution >= 0.6 is 0 Å². The first kappa shape index (κ1) is 11.5. The number of carbonyl (C=O) groups excluding carboxylic acids is 1. The van der Waals surface area contributed by atoms with E-state index >= 15 is 0 Å². The van der Waals surface area contributed by atoms with E-state index in [-0.39, 0.29) is 12.5 Å². The molecule has 1 heterocycles. The molecule has 1 atom stereocenters. The number of nitrogens with zero attached hydrogens (tertiary/aromatic N) is 1. The lowest BCUT2D eigenvalue weighted by atomic mass is 10.00. The van der Waals surface area contributed by atoms with Crippen LogP contribution in [0.4, 0.5) is 0 Å². The largest absolute Gasteiger partial charge is 0.396 e. The Bertz CT molecular complexity index is 182. The van der Waals surface area contributed by atoms with Gasteiger partial charge in [0, 0.05) is 26.1 Å². The molecule has 1 amide bonds. The van der Waals surface area contributed by atoms with E-state index in [4.69, 9.17) is 5.11 Å². The van der Waals surface area contributed by atoms with E-state index in [2.05, 4.69) is 6.92 Å². The predicted octanol–water partition coefficient (Wildman–Crippen LogP) is 1.41. The van der Waals surface area contributed by atoms with Crippen molar-refractivity contribution in [3.8, 4) is 0 Å². The normalized spacial score (nSPS) is 22.4. The van der Waals surface area contributed by atoms with Crippen molar-refractivity contribution in [1.82, 2.24) is 4.90 Å². The number of unbranched alkanes of at least 4 members (excludes halogenated alkanes) is 1. The minimum Gasteiger partial charge on any atom is -0.396 e. The smallest absolute Gasteiger partial charge is 0.222 e. The van der Waals surface area contributed by atoms with E-state index in [1.165, 1.54) is 6.42 Å². The van der Waals surface area contributed by atoms with Crippen LogP contribution in [0.3, 0.4) is 0 Å². The fourth-order valence-corrected chi connectivity index (χ4v) is 1.96. The van der Waals surface area contributed by atoms with Gasteiger partial charge in [-0.3, -0.25) is 4.79 Å². The molecule has 1 N–H and O–H groups in total. The van der Waals surface area contributed by atoms with Gasteiger partial charge in [-0.15, -0.1) is 0 Å². The number of rotatable bonds is 4. The van der Waals surface area contributed by atoms with Crippen LogP contribution in [0.5, 0.6) is 0 Å². The Kier molecular flexibility index (Phi) is 4.94. The molecule has 82 valence electrons. The second kappa shape index (κ2) is 6.02. The first-order chi connectivity index (χ1) is 6.74. The predicted molar refractivity (Wildman–Crippen MR) is 55.9 cm³/mol. The SMILES string of the molecule is CC1CCCN(C(=O)CCCCO)C1. The van der Waals surface area contributed by atoms with Crippen LogP contribution < -0.4 is 0 Å². The molecule has 0 radical (unpaired) electrons. The lowest BCUT2D eigenvalue weighted by Gasteiger charge is -2.31. The maximum atomic E-state index is 11.7. The third-order valence-corrected chi connectivity index (χ3v) is 2.81. The Labute approximate surface area is 86.1 Å². The number of likely N-dealkylation sites (tertiary alicyclic amines) is 1. The molecule has 3 heteroatoms. The van der Waals surface area contributed by atoms with Crippen molar-refractivity contribution in [3.63, 3.8) is 0 Å². The van der Waals surface area contributed by atoms with Crippen LogP contribution in [0, 0.1) is 5.92 Å². The molecule has 1 saturated heterocycles. The molecule has 1 fully saturated rings. The minimum atomic E-state index is 0.198. The summed E-state index contributed by atoms with van der Waals surface area (Å²) in [5.41, 5.74) is 0. The molecule has 1 rings (SSSR count). The molecule has 0 saturated carbocycles. The molecule has 3 nitrogen and oxygen atoms in total. The molecule has 0 aromatic carbocycles. The molecule has 0 bridgehead atoms. The maximum Gasteiger partial charge on any atom is 0.222 e. The summed E-state index contributed by atoms with van der Waals surface area (Å²) in [5, 5.41) is 8.61. The van der Waals surface area contributed by atoms with Gasteiger partial charge in [-0.1, -0.05) is 6.92 Å². The lowest BCUT2D eigenvalue weighted by Crippen LogP contribution is -2.38. The topological polar surface area (TPSA) is 40.5 Å². The van der Waals surface area contributed by atoms with E-state index in [9.17, 15) is 4.79 Å². The van der Waals surface area contributed by atoms with Gasteiger partial charge in [0.15, 0.2) is 0 Å². The van der Waals surface area contributed by atoms with Gasteiger partial charge in [-0.25, -0.2) is 0 Å². The molecule has 0 aliphatic carbocycles. The lowest BCUT2D eigenvalue weighted by molar-refractivity contribution is -0.133. The average molecular weight is 199 g/mol. The van der Waals surface area contributed by atoms with Crippen molar-refractivity contribution in [1.29, 1.82) is 0 Å². The Balaban J connectivity index is 2.22. The van der Waals surface area contributed by atoms with Gasteiger partial charge in [0.05, 0.1) is 0 Å². The van der Waals surface area contributed by atoms with Crippen molar-refractivity contribution in [2.75, 3.05) is 19.7 Å². The summed E-state index contributed by atoms with van der Waals surface area (Å²) < 4.78 is 0. The molecule has 0 aromatic heterocycles. The third-order valence-electron chi connectivity index (χ3n) is 2.81. The van der Waals surface area contributed by atoms with Crippen molar-refractivity contribution < 1.29 is 9.90 Å². The van der Waals surface area contributed by atoms with Crippen LogP contribution in [0.15, 0.2) is 0 Å². The van der Waals surface area contributed by atoms with Crippen molar-refractivity contribution in [3.05, 3.63) is 0 Å². The van der Waals surface area contributed by atoms with Crippen molar-refractivity contribution in [2.24, 2.45) is 5.92 Å². The highest BCUT2D eigenvalue weighted by molar-refractivity contribution is 5.76. The van der Waals surface area contributed by atoms with Crippen LogP contribution in [-0.2, 0) is 4.79 Å². The summed E-state index contributed by atoms with van der Waals surface area (Å²) in [5.74, 6) is 0.926. The monoisotopic (exact) mass is 199 g/mol. The van der Waals surface area contributed by atoms with Crippen LogP contribution in [0.25, 0.3) is 0 Å². The zero-order chi connectivity index (χ0) is 10.4. The van der Waals surface area contributed by atoms with Gasteiger partial charge < -0.3 is 10.0 Å². The molecule has 1 aliphatic heterocycles. The number of aliphatic hydroxyl groups is 1. The highest BCUT2D eigenvalue weighted by Gasteiger charge is 2.19. The van der Waals surface area contributed by atoms with Gasteiger partial charge in [0.1, 0.15) is 0 Å². The first-order valence-electron chi connectivity index (χ1n) is 5.62. The van der Waals surface area contributed by atoms with Crippen LogP contribution in [0.2, 0.25) is 0 Å². The zero-order valence-corrected chi connectivity index (χ0v) is 9.04. The third kappa shape index (κ3) is 3.66. The van der Waals surface area contributed by atoms with E-state index in [0.29, 0.717) is 12.3 Å². The number of hydrogen-bond acceptors (Lipinski definition) is 2. The van der Waals surface area contributed by atoms with Gasteiger partial charge >= 0.3 is 0 Å². The summed E-state index contributed by atoms with van der Waals surface area (Å²) in [4.78, 5) is 13.6. The Hall–Kier alpha value is -0.570. The molecule has 0 aromatic rings. The molecule has 14 heavy (non-hydrogen) atoms. The van der Waals surface area contributed by atoms with Gasteiger partial charge in [-0.2, -0.15) is 0 Å². The highest BCUT2D eigenvalue weighted by Crippen LogP contribution is 2.16. The molecule has 1 unspecified atom stereocenters. The minimum absolute atomic E-state index is 0.198. The summed E-state index contributed by atoms with van der Waals surface area (Å²) in [7, 11) is 0. The number of piperidine rings is 1. The quantitative estimate of drug-likeness (QED) is 0.695. The summed E-state index contributed by atoms with van der Waals surface area (Å²) in [6, 6.07) is 0. The first-order valence-corrected chi connectivity index (χ1v) is 5.62. The zero-order valence-electron chi connectivity index (χ0n) is 9.04. The Morgan fingerprint density at radius 1 is 1.50 bits per heavy atom. The molecular weight excluding hydrogens is 178 g/mol. The fourth-order valence-electron chi connectivity index (χ4n) is 1.96. The standard InChI is InChI=1S/C11H21NO2/c1-10-5-4-7-12(9-10)11(14)6-2-3-8-13/h10,13H,2-9H2,1H3. The number of aliphatic hydroxyl groups excluding tert-OH is 1. The highest BCUT2D eigenvalue weighted by atomic mass is 16.3. The average Bonchev–Trinajstić information content (AvgIpc) is 2.18. The van der Waals surface area contributed by atoms with Crippen LogP contribution in [0.1, 0.15) is 39.0 Å². The van der Waals surface area contributed by atoms with Crippen molar-refractivity contribution in [2.45, 2.75) is 39.0 Å². The van der Waals surface area contributed by atoms with E-state index in [0.717, 1.165) is 32.4 Å². The molecule has 0 spiro atoms. The molecular formula is C11H21NO2. The number of hydrogen-bond donors (Lipinski definition) is 1. The van der Waals surface area contributed by atoms with E-state index in [1.54, 1.807) is 0 Å². The second-order valence-corrected chi connectivity index (χ2v) is 4.27. The molecule has 1 aliphatic rings. The maximum absolute atomic E-state index is 11.7. The van der Waals surface area contributed by atoms with Gasteiger partial charge in [0.2, 0.25) is 5.91 Å². The van der Waals surface area contributed by atoms with E-state index < -0.39 is 0 Å². The van der Waals surface area contributed by atoms with Gasteiger partial charge in [-0.05, 0) is 31.6 Å². The summed E-state index contributed by atoms with van der Waals surface area (Å²) in [6.07, 6.45) is 4.57. The summed E-state index contributed by atoms with van der Waals surface area (Å²) >= 11 is 0. The van der Waals surface area contributed by atoms with E-state index in [1.807, 2.05) is 4.90 Å². The fraction of sp³-hybridized carbons (Fsp3) is 0.909. The van der Waals surface area contributed by atoms with Crippen LogP contribution in [-0.4, -0.2) is 35.6 Å². The van der Waals surface area contributed by atoms with Gasteiger partial charge in [0.25, 0.3) is 0 Å². The summed E-state index contributed by atoms with van der Waals surface area (Å²) in [6.45, 7) is 4.26. The number of amides is 1. The Morgan fingerprint density at radius 2 is 2.29 bits per heavy atom. The Morgan fingerprint density at radius 3 is 2.93 bits per heavy atom. The second-order valence-electron chi connectivity index (χ2n) is 4.27.